The zero-order chi connectivity index (χ0) is 27.0. The SMILES string of the molecule is CC(=O)NCCn1cc(-c2cccc(Oc3ccc(C(=O)N[C@@H](CCC(C)(C)C)C(=O)O)cn3)c2)nn1. The van der Waals surface area contributed by atoms with E-state index in [1.807, 2.05) is 32.9 Å². The summed E-state index contributed by atoms with van der Waals surface area (Å²) in [7, 11) is 0. The smallest absolute Gasteiger partial charge is 0.326 e. The van der Waals surface area contributed by atoms with Crippen LogP contribution >= 0.6 is 0 Å². The number of carbonyl (C=O) groups is 3. The number of amides is 2. The van der Waals surface area contributed by atoms with Gasteiger partial charge in [-0.2, -0.15) is 0 Å². The number of carbonyl (C=O) groups excluding carboxylic acids is 2. The first-order valence-electron chi connectivity index (χ1n) is 11.9. The number of nitrogens with one attached hydrogen (secondary N) is 2. The van der Waals surface area contributed by atoms with Crippen molar-refractivity contribution < 1.29 is 24.2 Å². The van der Waals surface area contributed by atoms with Crippen molar-refractivity contribution in [2.24, 2.45) is 5.41 Å². The number of nitrogens with zero attached hydrogens (tertiary/aromatic N) is 4. The second-order valence-electron chi connectivity index (χ2n) is 9.83. The largest absolute Gasteiger partial charge is 0.480 e. The number of carboxylic acid groups (broad SMARTS) is 1. The monoisotopic (exact) mass is 508 g/mol. The van der Waals surface area contributed by atoms with Crippen LogP contribution in [-0.4, -0.2) is 55.5 Å². The Morgan fingerprint density at radius 3 is 2.59 bits per heavy atom. The second kappa shape index (κ2) is 12.1. The Bertz CT molecular complexity index is 1230. The Labute approximate surface area is 215 Å². The molecule has 0 aliphatic carbocycles. The van der Waals surface area contributed by atoms with Gasteiger partial charge in [-0.1, -0.05) is 38.1 Å². The van der Waals surface area contributed by atoms with Crippen LogP contribution in [0.1, 0.15) is 50.9 Å². The summed E-state index contributed by atoms with van der Waals surface area (Å²) in [6.45, 7) is 8.47. The van der Waals surface area contributed by atoms with E-state index in [0.29, 0.717) is 37.4 Å². The van der Waals surface area contributed by atoms with Crippen molar-refractivity contribution in [3.63, 3.8) is 0 Å². The van der Waals surface area contributed by atoms with Crippen molar-refractivity contribution in [1.82, 2.24) is 30.6 Å². The molecule has 0 saturated carbocycles. The molecule has 11 nitrogen and oxygen atoms in total. The maximum absolute atomic E-state index is 12.6. The third-order valence-electron chi connectivity index (χ3n) is 5.39. The van der Waals surface area contributed by atoms with Crippen molar-refractivity contribution in [2.75, 3.05) is 6.54 Å². The van der Waals surface area contributed by atoms with Crippen molar-refractivity contribution in [1.29, 1.82) is 0 Å². The maximum Gasteiger partial charge on any atom is 0.326 e. The van der Waals surface area contributed by atoms with Crippen molar-refractivity contribution in [2.45, 2.75) is 53.1 Å². The molecule has 0 aliphatic heterocycles. The molecule has 0 unspecified atom stereocenters. The Morgan fingerprint density at radius 2 is 1.95 bits per heavy atom. The van der Waals surface area contributed by atoms with Crippen LogP contribution in [0.25, 0.3) is 11.3 Å². The van der Waals surface area contributed by atoms with E-state index in [-0.39, 0.29) is 22.8 Å². The van der Waals surface area contributed by atoms with Crippen LogP contribution in [0.5, 0.6) is 11.6 Å². The highest BCUT2D eigenvalue weighted by Crippen LogP contribution is 2.26. The maximum atomic E-state index is 12.6. The first-order chi connectivity index (χ1) is 17.5. The van der Waals surface area contributed by atoms with E-state index in [0.717, 1.165) is 5.56 Å². The Balaban J connectivity index is 1.61. The molecular weight excluding hydrogens is 476 g/mol. The fraction of sp³-hybridized carbons (Fsp3) is 0.385. The molecule has 3 aromatic rings. The van der Waals surface area contributed by atoms with Gasteiger partial charge in [0.1, 0.15) is 17.5 Å². The van der Waals surface area contributed by atoms with Gasteiger partial charge < -0.3 is 20.5 Å². The van der Waals surface area contributed by atoms with Gasteiger partial charge >= 0.3 is 5.97 Å². The van der Waals surface area contributed by atoms with Crippen molar-refractivity contribution in [3.8, 4) is 22.9 Å². The van der Waals surface area contributed by atoms with Crippen LogP contribution in [0.3, 0.4) is 0 Å². The number of aliphatic carboxylic acids is 1. The molecule has 196 valence electrons. The highest BCUT2D eigenvalue weighted by molar-refractivity contribution is 5.96. The molecule has 0 spiro atoms. The molecule has 3 N–H and O–H groups in total. The first kappa shape index (κ1) is 27.3. The zero-order valence-electron chi connectivity index (χ0n) is 21.4. The Morgan fingerprint density at radius 1 is 1.16 bits per heavy atom. The Kier molecular flexibility index (Phi) is 8.94. The van der Waals surface area contributed by atoms with Gasteiger partial charge in [0.05, 0.1) is 18.3 Å². The third kappa shape index (κ3) is 8.71. The number of benzene rings is 1. The minimum absolute atomic E-state index is 0.0411. The van der Waals surface area contributed by atoms with Gasteiger partial charge in [-0.3, -0.25) is 14.3 Å². The van der Waals surface area contributed by atoms with Gasteiger partial charge in [0.15, 0.2) is 0 Å². The fourth-order valence-electron chi connectivity index (χ4n) is 3.38. The number of pyridine rings is 1. The van der Waals surface area contributed by atoms with E-state index in [1.54, 1.807) is 29.1 Å². The van der Waals surface area contributed by atoms with Crippen LogP contribution in [0, 0.1) is 5.41 Å². The molecular formula is C26H32N6O5. The van der Waals surface area contributed by atoms with Crippen LogP contribution in [0.2, 0.25) is 0 Å². The molecule has 11 heteroatoms. The predicted octanol–water partition coefficient (Wildman–Crippen LogP) is 3.28. The number of rotatable bonds is 11. The summed E-state index contributed by atoms with van der Waals surface area (Å²) in [5, 5.41) is 23.0. The summed E-state index contributed by atoms with van der Waals surface area (Å²) in [4.78, 5) is 39.3. The molecule has 2 heterocycles. The van der Waals surface area contributed by atoms with Crippen LogP contribution < -0.4 is 15.4 Å². The highest BCUT2D eigenvalue weighted by atomic mass is 16.5. The molecule has 0 saturated heterocycles. The molecule has 2 amide bonds. The van der Waals surface area contributed by atoms with E-state index in [4.69, 9.17) is 4.74 Å². The van der Waals surface area contributed by atoms with Gasteiger partial charge in [0.25, 0.3) is 5.91 Å². The van der Waals surface area contributed by atoms with Gasteiger partial charge in [-0.25, -0.2) is 9.78 Å². The average Bonchev–Trinajstić information content (AvgIpc) is 3.30. The quantitative estimate of drug-likeness (QED) is 0.357. The lowest BCUT2D eigenvalue weighted by molar-refractivity contribution is -0.139. The minimum Gasteiger partial charge on any atom is -0.480 e. The van der Waals surface area contributed by atoms with E-state index < -0.39 is 17.9 Å². The normalized spacial score (nSPS) is 12.0. The summed E-state index contributed by atoms with van der Waals surface area (Å²) in [6.07, 6.45) is 4.11. The summed E-state index contributed by atoms with van der Waals surface area (Å²) in [5.74, 6) is -0.895. The number of hydrogen-bond acceptors (Lipinski definition) is 7. The number of ether oxygens (including phenoxy) is 1. The number of carboxylic acids is 1. The summed E-state index contributed by atoms with van der Waals surface area (Å²) < 4.78 is 7.47. The second-order valence-corrected chi connectivity index (χ2v) is 9.83. The number of aromatic nitrogens is 4. The summed E-state index contributed by atoms with van der Waals surface area (Å²) >= 11 is 0. The summed E-state index contributed by atoms with van der Waals surface area (Å²) in [5.41, 5.74) is 1.63. The van der Waals surface area contributed by atoms with Crippen LogP contribution in [-0.2, 0) is 16.1 Å². The average molecular weight is 509 g/mol. The van der Waals surface area contributed by atoms with Gasteiger partial charge in [0, 0.05) is 31.3 Å². The van der Waals surface area contributed by atoms with Gasteiger partial charge in [-0.15, -0.1) is 5.10 Å². The lowest BCUT2D eigenvalue weighted by Crippen LogP contribution is -2.41. The molecule has 3 rings (SSSR count). The van der Waals surface area contributed by atoms with Gasteiger partial charge in [-0.05, 0) is 36.5 Å². The standard InChI is InChI=1S/C26H32N6O5/c1-17(33)27-12-13-32-16-22(30-31-32)18-6-5-7-20(14-18)37-23-9-8-19(15-28-23)24(34)29-21(25(35)36)10-11-26(2,3)4/h5-9,14-16,21H,10-13H2,1-4H3,(H,27,33)(H,29,34)(H,35,36)/t21-/m0/s1. The molecule has 0 fully saturated rings. The lowest BCUT2D eigenvalue weighted by atomic mass is 9.88. The molecule has 1 atom stereocenters. The van der Waals surface area contributed by atoms with Crippen molar-refractivity contribution in [3.05, 3.63) is 54.4 Å². The topological polar surface area (TPSA) is 148 Å². The molecule has 1 aromatic carbocycles. The molecule has 2 aromatic heterocycles. The zero-order valence-corrected chi connectivity index (χ0v) is 21.4. The van der Waals surface area contributed by atoms with Crippen molar-refractivity contribution >= 4 is 17.8 Å². The van der Waals surface area contributed by atoms with E-state index >= 15 is 0 Å². The van der Waals surface area contributed by atoms with E-state index in [9.17, 15) is 19.5 Å². The predicted molar refractivity (Wildman–Crippen MR) is 136 cm³/mol. The molecule has 37 heavy (non-hydrogen) atoms. The molecule has 0 radical (unpaired) electrons. The minimum atomic E-state index is -1.07. The third-order valence-corrected chi connectivity index (χ3v) is 5.39. The molecule has 0 bridgehead atoms. The molecule has 0 aliphatic rings. The van der Waals surface area contributed by atoms with Crippen LogP contribution in [0.4, 0.5) is 0 Å². The number of hydrogen-bond donors (Lipinski definition) is 3. The highest BCUT2D eigenvalue weighted by Gasteiger charge is 2.23. The Hall–Kier alpha value is -4.28. The van der Waals surface area contributed by atoms with Crippen LogP contribution in [0.15, 0.2) is 48.8 Å². The first-order valence-corrected chi connectivity index (χ1v) is 11.9. The summed E-state index contributed by atoms with van der Waals surface area (Å²) in [6, 6.07) is 9.33. The fourth-order valence-corrected chi connectivity index (χ4v) is 3.38. The van der Waals surface area contributed by atoms with E-state index in [1.165, 1.54) is 19.2 Å². The van der Waals surface area contributed by atoms with Gasteiger partial charge in [0.2, 0.25) is 11.8 Å². The lowest BCUT2D eigenvalue weighted by Gasteiger charge is -2.21. The van der Waals surface area contributed by atoms with E-state index in [2.05, 4.69) is 25.9 Å².